The normalized spacial score (nSPS) is 24.4. The van der Waals surface area contributed by atoms with E-state index in [4.69, 9.17) is 4.74 Å². The Morgan fingerprint density at radius 1 is 1.29 bits per heavy atom. The summed E-state index contributed by atoms with van der Waals surface area (Å²) in [4.78, 5) is 13.0. The van der Waals surface area contributed by atoms with Crippen molar-refractivity contribution in [2.45, 2.75) is 44.6 Å². The van der Waals surface area contributed by atoms with Crippen LogP contribution in [0.3, 0.4) is 0 Å². The molecule has 0 amide bonds. The molecule has 3 heterocycles. The Labute approximate surface area is 164 Å². The van der Waals surface area contributed by atoms with Gasteiger partial charge in [-0.05, 0) is 40.4 Å². The number of nitrogens with one attached hydrogen (secondary N) is 1. The number of nitrogens with zero attached hydrogens (tertiary/aromatic N) is 5. The van der Waals surface area contributed by atoms with E-state index in [0.717, 1.165) is 40.7 Å². The predicted octanol–water partition coefficient (Wildman–Crippen LogP) is -0.264. The molecule has 0 bridgehead atoms. The van der Waals surface area contributed by atoms with Gasteiger partial charge >= 0.3 is 0 Å². The summed E-state index contributed by atoms with van der Waals surface area (Å²) >= 11 is 0. The molecule has 28 heavy (non-hydrogen) atoms. The summed E-state index contributed by atoms with van der Waals surface area (Å²) in [6.07, 6.45) is 6.46. The van der Waals surface area contributed by atoms with Gasteiger partial charge in [0.05, 0.1) is 35.4 Å². The van der Waals surface area contributed by atoms with Gasteiger partial charge in [-0.2, -0.15) is 5.10 Å². The number of β-amino-alcohol motifs (C(OH)–C–C–N with tert-alkyl or cyclic N) is 1. The zero-order valence-electron chi connectivity index (χ0n) is 16.8. The van der Waals surface area contributed by atoms with E-state index >= 15 is 0 Å². The summed E-state index contributed by atoms with van der Waals surface area (Å²) in [6.45, 7) is 5.37. The van der Waals surface area contributed by atoms with Crippen LogP contribution in [-0.4, -0.2) is 81.7 Å². The third-order valence-corrected chi connectivity index (χ3v) is 5.33. The Bertz CT molecular complexity index is 954. The highest BCUT2D eigenvalue weighted by Crippen LogP contribution is 2.23. The molecule has 2 aromatic heterocycles. The monoisotopic (exact) mass is 384 g/mol. The van der Waals surface area contributed by atoms with E-state index in [1.165, 1.54) is 0 Å². The summed E-state index contributed by atoms with van der Waals surface area (Å²) in [6, 6.07) is 2.04. The minimum absolute atomic E-state index is 0.0414. The minimum atomic E-state index is -0.400. The predicted molar refractivity (Wildman–Crippen MR) is 108 cm³/mol. The van der Waals surface area contributed by atoms with Crippen LogP contribution >= 0.6 is 0 Å². The van der Waals surface area contributed by atoms with Crippen molar-refractivity contribution < 1.29 is 9.84 Å². The smallest absolute Gasteiger partial charge is 0.132 e. The molecule has 1 aliphatic carbocycles. The lowest BCUT2D eigenvalue weighted by Gasteiger charge is -2.21. The van der Waals surface area contributed by atoms with Gasteiger partial charge in [0.2, 0.25) is 0 Å². The van der Waals surface area contributed by atoms with E-state index in [-0.39, 0.29) is 18.2 Å². The number of aliphatic hydroxyl groups excluding tert-OH is 1. The van der Waals surface area contributed by atoms with E-state index in [1.807, 2.05) is 34.0 Å². The Morgan fingerprint density at radius 2 is 2.11 bits per heavy atom. The van der Waals surface area contributed by atoms with Gasteiger partial charge in [-0.15, -0.1) is 0 Å². The first kappa shape index (κ1) is 19.0. The Hall–Kier alpha value is -2.29. The van der Waals surface area contributed by atoms with E-state index in [2.05, 4.69) is 42.1 Å². The maximum atomic E-state index is 10.3. The highest BCUT2D eigenvalue weighted by atomic mass is 16.5. The second-order valence-corrected chi connectivity index (χ2v) is 7.99. The second-order valence-electron chi connectivity index (χ2n) is 7.99. The average Bonchev–Trinajstić information content (AvgIpc) is 3.24. The van der Waals surface area contributed by atoms with Gasteiger partial charge in [-0.3, -0.25) is 5.10 Å². The topological polar surface area (TPSA) is 90.4 Å². The number of fused-ring (bicyclic) bond motifs is 1. The molecule has 2 N–H and O–H groups in total. The summed E-state index contributed by atoms with van der Waals surface area (Å²) in [5.74, 6) is 0.805. The molecule has 8 nitrogen and oxygen atoms in total. The van der Waals surface area contributed by atoms with Gasteiger partial charge < -0.3 is 19.6 Å². The third kappa shape index (κ3) is 3.67. The summed E-state index contributed by atoms with van der Waals surface area (Å²) < 4.78 is 5.96. The number of likely N-dealkylation sites (N-methyl/N-ethyl adjacent to an activating group) is 1. The molecule has 0 radical (unpaired) electrons. The van der Waals surface area contributed by atoms with Gasteiger partial charge in [0.1, 0.15) is 17.8 Å². The van der Waals surface area contributed by atoms with Gasteiger partial charge in [0.15, 0.2) is 0 Å². The van der Waals surface area contributed by atoms with Crippen molar-refractivity contribution in [3.63, 3.8) is 0 Å². The van der Waals surface area contributed by atoms with Crippen molar-refractivity contribution in [3.8, 4) is 11.4 Å². The first-order chi connectivity index (χ1) is 13.4. The fraction of sp³-hybridized carbons (Fsp3) is 0.550. The van der Waals surface area contributed by atoms with Crippen LogP contribution in [0.5, 0.6) is 0 Å². The number of hydrogen-bond donors (Lipinski definition) is 2. The van der Waals surface area contributed by atoms with Gasteiger partial charge in [0, 0.05) is 24.4 Å². The largest absolute Gasteiger partial charge is 0.390 e. The van der Waals surface area contributed by atoms with Crippen molar-refractivity contribution in [2.24, 2.45) is 0 Å². The molecule has 1 saturated heterocycles. The second kappa shape index (κ2) is 7.62. The van der Waals surface area contributed by atoms with Crippen LogP contribution in [0.4, 0.5) is 5.82 Å². The average molecular weight is 384 g/mol. The van der Waals surface area contributed by atoms with Crippen molar-refractivity contribution in [3.05, 3.63) is 23.0 Å². The van der Waals surface area contributed by atoms with Crippen molar-refractivity contribution in [2.75, 3.05) is 32.1 Å². The van der Waals surface area contributed by atoms with Crippen LogP contribution in [0.15, 0.2) is 12.4 Å². The molecule has 8 heteroatoms. The number of rotatable bonds is 5. The molecular formula is C20H28N6O2. The van der Waals surface area contributed by atoms with Crippen molar-refractivity contribution in [1.29, 1.82) is 0 Å². The standard InChI is InChI=1S/C20H28N6O2/c1-12(2)28-13-5-6-15-14(7-13)20(24-23-15)16-8-19(22-11-21-16)26-9-17(25(3)4)18(27)10-26/h6-8,11-13,17-18,23,27H,5,9-10H2,1-4H3/t13?,17-,18-/m0/s1. The molecule has 4 rings (SSSR count). The number of ether oxygens (including phenoxy) is 1. The zero-order chi connectivity index (χ0) is 19.8. The number of aliphatic hydroxyl groups is 1. The van der Waals surface area contributed by atoms with Crippen molar-refractivity contribution >= 4 is 18.0 Å². The van der Waals surface area contributed by atoms with E-state index in [0.29, 0.717) is 6.54 Å². The molecule has 3 atom stereocenters. The van der Waals surface area contributed by atoms with E-state index < -0.39 is 6.10 Å². The number of hydrogen-bond acceptors (Lipinski definition) is 7. The van der Waals surface area contributed by atoms with Crippen LogP contribution in [0.2, 0.25) is 0 Å². The molecule has 0 saturated carbocycles. The zero-order valence-corrected chi connectivity index (χ0v) is 16.8. The van der Waals surface area contributed by atoms with Crippen LogP contribution in [0.25, 0.3) is 23.5 Å². The van der Waals surface area contributed by atoms with Crippen LogP contribution in [-0.2, 0) is 4.74 Å². The molecule has 0 spiro atoms. The Kier molecular flexibility index (Phi) is 5.18. The maximum absolute atomic E-state index is 10.3. The molecule has 2 aromatic rings. The molecule has 2 aliphatic rings. The molecule has 1 aliphatic heterocycles. The van der Waals surface area contributed by atoms with Crippen LogP contribution in [0.1, 0.15) is 20.3 Å². The Morgan fingerprint density at radius 3 is 2.82 bits per heavy atom. The molecule has 0 aromatic carbocycles. The van der Waals surface area contributed by atoms with Crippen LogP contribution in [0, 0.1) is 0 Å². The lowest BCUT2D eigenvalue weighted by Crippen LogP contribution is -2.38. The fourth-order valence-corrected chi connectivity index (χ4v) is 3.93. The van der Waals surface area contributed by atoms with Gasteiger partial charge in [0.25, 0.3) is 0 Å². The third-order valence-electron chi connectivity index (χ3n) is 5.33. The number of anilines is 1. The van der Waals surface area contributed by atoms with Crippen molar-refractivity contribution in [1.82, 2.24) is 25.1 Å². The highest BCUT2D eigenvalue weighted by molar-refractivity contribution is 5.62. The molecule has 1 fully saturated rings. The summed E-state index contributed by atoms with van der Waals surface area (Å²) in [7, 11) is 3.97. The summed E-state index contributed by atoms with van der Waals surface area (Å²) in [5.41, 5.74) is 1.57. The molecular weight excluding hydrogens is 356 g/mol. The minimum Gasteiger partial charge on any atom is -0.390 e. The first-order valence-corrected chi connectivity index (χ1v) is 9.76. The number of H-pyrrole nitrogens is 1. The van der Waals surface area contributed by atoms with Gasteiger partial charge in [-0.25, -0.2) is 9.97 Å². The number of aromatic amines is 1. The fourth-order valence-electron chi connectivity index (χ4n) is 3.93. The number of aromatic nitrogens is 4. The molecule has 150 valence electrons. The lowest BCUT2D eigenvalue weighted by atomic mass is 10.1. The maximum Gasteiger partial charge on any atom is 0.132 e. The van der Waals surface area contributed by atoms with E-state index in [9.17, 15) is 5.11 Å². The van der Waals surface area contributed by atoms with Gasteiger partial charge in [-0.1, -0.05) is 6.08 Å². The lowest BCUT2D eigenvalue weighted by molar-refractivity contribution is 0.0473. The Balaban J connectivity index is 1.65. The first-order valence-electron chi connectivity index (χ1n) is 9.76. The van der Waals surface area contributed by atoms with Crippen LogP contribution < -0.4 is 15.5 Å². The quantitative estimate of drug-likeness (QED) is 0.734. The SMILES string of the molecule is CC(C)OC1C=c2c(-c3cc(N4C[C@H](O)[C@@H](N(C)C)C4)ncn3)n[nH]c2=CC1. The summed E-state index contributed by atoms with van der Waals surface area (Å²) in [5, 5.41) is 20.0. The molecule has 1 unspecified atom stereocenters. The van der Waals surface area contributed by atoms with E-state index in [1.54, 1.807) is 6.33 Å². The highest BCUT2D eigenvalue weighted by Gasteiger charge is 2.33.